The summed E-state index contributed by atoms with van der Waals surface area (Å²) in [5.74, 6) is -1.69. The second-order valence-electron chi connectivity index (χ2n) is 5.30. The summed E-state index contributed by atoms with van der Waals surface area (Å²) in [5.41, 5.74) is -0.625. The fourth-order valence-electron chi connectivity index (χ4n) is 1.89. The largest absolute Gasteiger partial charge is 0.573 e. The van der Waals surface area contributed by atoms with E-state index in [0.717, 1.165) is 12.1 Å². The van der Waals surface area contributed by atoms with Gasteiger partial charge in [0.05, 0.1) is 5.41 Å². The maximum atomic E-state index is 12.0. The third-order valence-electron chi connectivity index (χ3n) is 3.44. The Morgan fingerprint density at radius 1 is 1.18 bits per heavy atom. The molecule has 0 aromatic heterocycles. The Morgan fingerprint density at radius 3 is 2.14 bits per heavy atom. The van der Waals surface area contributed by atoms with Crippen LogP contribution in [0.15, 0.2) is 24.3 Å². The number of carboxylic acids is 1. The third kappa shape index (κ3) is 5.38. The van der Waals surface area contributed by atoms with Crippen molar-refractivity contribution in [2.24, 2.45) is 5.41 Å². The Balaban J connectivity index is 2.67. The fraction of sp³-hybridized carbons (Fsp3) is 0.467. The molecule has 1 rings (SSSR count). The number of Topliss-reactive ketones (excluding diaryl/α,β-unsaturated/α-hetero) is 1. The third-order valence-corrected chi connectivity index (χ3v) is 3.44. The fourth-order valence-corrected chi connectivity index (χ4v) is 1.89. The molecule has 0 fully saturated rings. The Hall–Kier alpha value is -2.05. The molecule has 0 aliphatic carbocycles. The average Bonchev–Trinajstić information content (AvgIpc) is 2.39. The minimum atomic E-state index is -4.76. The number of aliphatic carboxylic acids is 1. The summed E-state index contributed by atoms with van der Waals surface area (Å²) in [7, 11) is 0. The van der Waals surface area contributed by atoms with E-state index >= 15 is 0 Å². The van der Waals surface area contributed by atoms with Gasteiger partial charge in [0.2, 0.25) is 0 Å². The van der Waals surface area contributed by atoms with E-state index in [4.69, 9.17) is 5.11 Å². The van der Waals surface area contributed by atoms with Crippen molar-refractivity contribution in [3.05, 3.63) is 29.8 Å². The molecule has 0 amide bonds. The highest BCUT2D eigenvalue weighted by atomic mass is 19.4. The zero-order valence-electron chi connectivity index (χ0n) is 12.2. The van der Waals surface area contributed by atoms with E-state index in [-0.39, 0.29) is 24.4 Å². The highest BCUT2D eigenvalue weighted by Crippen LogP contribution is 2.27. The van der Waals surface area contributed by atoms with Gasteiger partial charge in [-0.1, -0.05) is 19.1 Å². The van der Waals surface area contributed by atoms with E-state index in [1.165, 1.54) is 19.1 Å². The van der Waals surface area contributed by atoms with Crippen molar-refractivity contribution in [1.29, 1.82) is 0 Å². The van der Waals surface area contributed by atoms with Crippen LogP contribution in [-0.4, -0.2) is 23.2 Å². The minimum Gasteiger partial charge on any atom is -0.481 e. The second-order valence-corrected chi connectivity index (χ2v) is 5.30. The van der Waals surface area contributed by atoms with Crippen LogP contribution in [0.1, 0.15) is 32.3 Å². The van der Waals surface area contributed by atoms with E-state index in [1.54, 1.807) is 6.92 Å². The van der Waals surface area contributed by atoms with Crippen molar-refractivity contribution < 1.29 is 32.6 Å². The minimum absolute atomic E-state index is 0.0326. The van der Waals surface area contributed by atoms with Crippen molar-refractivity contribution in [2.75, 3.05) is 0 Å². The number of ether oxygens (including phenoxy) is 1. The normalized spacial score (nSPS) is 14.2. The van der Waals surface area contributed by atoms with Gasteiger partial charge in [-0.25, -0.2) is 0 Å². The average molecular weight is 318 g/mol. The number of hydrogen-bond donors (Lipinski definition) is 1. The highest BCUT2D eigenvalue weighted by Gasteiger charge is 2.33. The van der Waals surface area contributed by atoms with Crippen molar-refractivity contribution in [3.8, 4) is 5.75 Å². The summed E-state index contributed by atoms with van der Waals surface area (Å²) >= 11 is 0. The maximum absolute atomic E-state index is 12.0. The maximum Gasteiger partial charge on any atom is 0.573 e. The number of alkyl halides is 3. The smallest absolute Gasteiger partial charge is 0.481 e. The number of carbonyl (C=O) groups excluding carboxylic acids is 1. The molecule has 1 aromatic carbocycles. The number of hydrogen-bond acceptors (Lipinski definition) is 3. The second kappa shape index (κ2) is 6.81. The summed E-state index contributed by atoms with van der Waals surface area (Å²) < 4.78 is 39.8. The predicted octanol–water partition coefficient (Wildman–Crippen LogP) is 3.59. The van der Waals surface area contributed by atoms with E-state index in [2.05, 4.69) is 4.74 Å². The van der Waals surface area contributed by atoms with Gasteiger partial charge >= 0.3 is 12.3 Å². The van der Waals surface area contributed by atoms with Gasteiger partial charge < -0.3 is 9.84 Å². The van der Waals surface area contributed by atoms with Crippen LogP contribution < -0.4 is 4.74 Å². The van der Waals surface area contributed by atoms with Gasteiger partial charge in [0.1, 0.15) is 11.5 Å². The van der Waals surface area contributed by atoms with E-state index < -0.39 is 17.7 Å². The van der Waals surface area contributed by atoms with Gasteiger partial charge in [-0.05, 0) is 31.0 Å². The van der Waals surface area contributed by atoms with Crippen LogP contribution in [0.3, 0.4) is 0 Å². The Morgan fingerprint density at radius 2 is 1.73 bits per heavy atom. The SMILES string of the molecule is CC[C@@](C)(CC(=O)Cc1ccc(OC(F)(F)F)cc1)C(=O)O. The van der Waals surface area contributed by atoms with E-state index in [9.17, 15) is 22.8 Å². The zero-order chi connectivity index (χ0) is 17.0. The molecule has 1 atom stereocenters. The lowest BCUT2D eigenvalue weighted by molar-refractivity contribution is -0.274. The molecule has 0 aliphatic rings. The molecule has 0 aliphatic heterocycles. The first-order valence-corrected chi connectivity index (χ1v) is 6.65. The van der Waals surface area contributed by atoms with Crippen molar-refractivity contribution >= 4 is 11.8 Å². The summed E-state index contributed by atoms with van der Waals surface area (Å²) in [4.78, 5) is 23.1. The number of carbonyl (C=O) groups is 2. The van der Waals surface area contributed by atoms with Gasteiger partial charge in [0.25, 0.3) is 0 Å². The van der Waals surface area contributed by atoms with Gasteiger partial charge in [-0.2, -0.15) is 0 Å². The Bertz CT molecular complexity index is 537. The van der Waals surface area contributed by atoms with Gasteiger partial charge in [-0.3, -0.25) is 9.59 Å². The molecule has 0 heterocycles. The molecule has 4 nitrogen and oxygen atoms in total. The van der Waals surface area contributed by atoms with Crippen molar-refractivity contribution in [3.63, 3.8) is 0 Å². The monoisotopic (exact) mass is 318 g/mol. The number of rotatable bonds is 7. The molecule has 0 spiro atoms. The molecule has 0 bridgehead atoms. The van der Waals surface area contributed by atoms with Crippen LogP contribution >= 0.6 is 0 Å². The molecule has 0 radical (unpaired) electrons. The van der Waals surface area contributed by atoms with Gasteiger partial charge in [-0.15, -0.1) is 13.2 Å². The molecule has 7 heteroatoms. The molecule has 1 N–H and O–H groups in total. The number of halogens is 3. The highest BCUT2D eigenvalue weighted by molar-refractivity contribution is 5.87. The summed E-state index contributed by atoms with van der Waals surface area (Å²) in [6, 6.07) is 4.94. The van der Waals surface area contributed by atoms with Crippen LogP contribution in [0.25, 0.3) is 0 Å². The first-order valence-electron chi connectivity index (χ1n) is 6.65. The zero-order valence-corrected chi connectivity index (χ0v) is 12.2. The molecule has 0 unspecified atom stereocenters. The summed E-state index contributed by atoms with van der Waals surface area (Å²) in [5, 5.41) is 9.12. The lowest BCUT2D eigenvalue weighted by Crippen LogP contribution is -2.30. The molecule has 1 aromatic rings. The lowest BCUT2D eigenvalue weighted by Gasteiger charge is -2.21. The molecule has 0 saturated carbocycles. The molecule has 0 saturated heterocycles. The molecular weight excluding hydrogens is 301 g/mol. The topological polar surface area (TPSA) is 63.6 Å². The van der Waals surface area contributed by atoms with E-state index in [0.29, 0.717) is 12.0 Å². The van der Waals surface area contributed by atoms with Crippen molar-refractivity contribution in [2.45, 2.75) is 39.5 Å². The summed E-state index contributed by atoms with van der Waals surface area (Å²) in [6.45, 7) is 3.18. The van der Waals surface area contributed by atoms with Crippen LogP contribution in [0.4, 0.5) is 13.2 Å². The molecule has 22 heavy (non-hydrogen) atoms. The Labute approximate surface area is 125 Å². The number of carboxylic acid groups (broad SMARTS) is 1. The summed E-state index contributed by atoms with van der Waals surface area (Å²) in [6.07, 6.45) is -4.61. The van der Waals surface area contributed by atoms with Crippen LogP contribution in [0.5, 0.6) is 5.75 Å². The number of ketones is 1. The van der Waals surface area contributed by atoms with Crippen LogP contribution in [0.2, 0.25) is 0 Å². The standard InChI is InChI=1S/C15H17F3O4/c1-3-14(2,13(20)21)9-11(19)8-10-4-6-12(7-5-10)22-15(16,17)18/h4-7H,3,8-9H2,1-2H3,(H,20,21)/t14-/m0/s1. The van der Waals surface area contributed by atoms with Crippen molar-refractivity contribution in [1.82, 2.24) is 0 Å². The van der Waals surface area contributed by atoms with Gasteiger partial charge in [0.15, 0.2) is 0 Å². The predicted molar refractivity (Wildman–Crippen MR) is 72.5 cm³/mol. The quantitative estimate of drug-likeness (QED) is 0.834. The van der Waals surface area contributed by atoms with Gasteiger partial charge in [0, 0.05) is 12.8 Å². The molecular formula is C15H17F3O4. The lowest BCUT2D eigenvalue weighted by atomic mass is 9.81. The van der Waals surface area contributed by atoms with E-state index in [1.807, 2.05) is 0 Å². The van der Waals surface area contributed by atoms with Crippen LogP contribution in [0, 0.1) is 5.41 Å². The van der Waals surface area contributed by atoms with Crippen LogP contribution in [-0.2, 0) is 16.0 Å². The first-order chi connectivity index (χ1) is 10.1. The molecule has 122 valence electrons. The Kier molecular flexibility index (Phi) is 5.57. The first kappa shape index (κ1) is 18.0. The number of benzene rings is 1.